The molecule has 0 amide bonds. The Labute approximate surface area is 129 Å². The van der Waals surface area contributed by atoms with E-state index in [-0.39, 0.29) is 5.56 Å². The fourth-order valence-corrected chi connectivity index (χ4v) is 3.47. The third-order valence-corrected chi connectivity index (χ3v) is 4.70. The molecule has 0 radical (unpaired) electrons. The van der Waals surface area contributed by atoms with Crippen LogP contribution in [-0.4, -0.2) is 19.3 Å². The van der Waals surface area contributed by atoms with E-state index in [1.807, 2.05) is 16.2 Å². The number of rotatable bonds is 3. The number of hydrogen-bond acceptors (Lipinski definition) is 4. The normalized spacial score (nSPS) is 16.6. The first-order chi connectivity index (χ1) is 10.7. The summed E-state index contributed by atoms with van der Waals surface area (Å²) in [5.74, 6) is 0.960. The predicted octanol–water partition coefficient (Wildman–Crippen LogP) is 0.930. The first kappa shape index (κ1) is 13.7. The van der Waals surface area contributed by atoms with Crippen molar-refractivity contribution >= 4 is 0 Å². The molecule has 0 fully saturated rings. The molecule has 4 rings (SSSR count). The van der Waals surface area contributed by atoms with Crippen LogP contribution in [0.3, 0.4) is 0 Å². The third-order valence-electron chi connectivity index (χ3n) is 4.70. The molecule has 0 unspecified atom stereocenters. The van der Waals surface area contributed by atoms with Crippen LogP contribution in [0.4, 0.5) is 0 Å². The van der Waals surface area contributed by atoms with Gasteiger partial charge in [-0.15, -0.1) is 0 Å². The van der Waals surface area contributed by atoms with Crippen molar-refractivity contribution in [2.45, 2.75) is 58.8 Å². The number of fused-ring (bicyclic) bond motifs is 2. The quantitative estimate of drug-likeness (QED) is 0.916. The first-order valence-electron chi connectivity index (χ1n) is 8.07. The summed E-state index contributed by atoms with van der Waals surface area (Å²) >= 11 is 0. The van der Waals surface area contributed by atoms with Crippen molar-refractivity contribution in [3.05, 3.63) is 44.9 Å². The van der Waals surface area contributed by atoms with Crippen LogP contribution in [0, 0.1) is 6.92 Å². The molecule has 0 saturated heterocycles. The summed E-state index contributed by atoms with van der Waals surface area (Å²) in [7, 11) is 0. The Morgan fingerprint density at radius 1 is 1.32 bits per heavy atom. The zero-order valence-corrected chi connectivity index (χ0v) is 12.9. The summed E-state index contributed by atoms with van der Waals surface area (Å²) in [4.78, 5) is 17.3. The summed E-state index contributed by atoms with van der Waals surface area (Å²) in [6.45, 7) is 5.27. The zero-order valence-electron chi connectivity index (χ0n) is 12.9. The van der Waals surface area contributed by atoms with Gasteiger partial charge in [-0.2, -0.15) is 5.10 Å². The average Bonchev–Trinajstić information content (AvgIpc) is 3.08. The van der Waals surface area contributed by atoms with Gasteiger partial charge >= 0.3 is 0 Å². The predicted molar refractivity (Wildman–Crippen MR) is 82.6 cm³/mol. The molecule has 22 heavy (non-hydrogen) atoms. The molecule has 0 atom stereocenters. The smallest absolute Gasteiger partial charge is 0.257 e. The molecule has 2 aromatic rings. The van der Waals surface area contributed by atoms with E-state index in [9.17, 15) is 4.79 Å². The van der Waals surface area contributed by atoms with Crippen LogP contribution in [0.25, 0.3) is 0 Å². The minimum atomic E-state index is 0.156. The highest BCUT2D eigenvalue weighted by molar-refractivity contribution is 5.22. The first-order valence-corrected chi connectivity index (χ1v) is 8.07. The lowest BCUT2D eigenvalue weighted by Gasteiger charge is -2.19. The summed E-state index contributed by atoms with van der Waals surface area (Å²) in [5, 5.41) is 7.86. The molecule has 116 valence electrons. The number of aryl methyl sites for hydroxylation is 3. The van der Waals surface area contributed by atoms with E-state index in [2.05, 4.69) is 21.6 Å². The molecule has 2 aromatic heterocycles. The maximum Gasteiger partial charge on any atom is 0.257 e. The van der Waals surface area contributed by atoms with Crippen molar-refractivity contribution in [2.24, 2.45) is 0 Å². The molecule has 2 aliphatic heterocycles. The van der Waals surface area contributed by atoms with Crippen LogP contribution >= 0.6 is 0 Å². The topological polar surface area (TPSA) is 64.7 Å². The van der Waals surface area contributed by atoms with Crippen LogP contribution in [0.1, 0.15) is 41.2 Å². The van der Waals surface area contributed by atoms with E-state index in [1.165, 1.54) is 5.56 Å². The Kier molecular flexibility index (Phi) is 3.33. The van der Waals surface area contributed by atoms with Crippen LogP contribution in [0.15, 0.2) is 11.0 Å². The summed E-state index contributed by atoms with van der Waals surface area (Å²) in [6.07, 6.45) is 5.93. The molecule has 0 spiro atoms. The second-order valence-corrected chi connectivity index (χ2v) is 6.22. The minimum absolute atomic E-state index is 0.156. The molecule has 1 N–H and O–H groups in total. The monoisotopic (exact) mass is 299 g/mol. The molecule has 2 aliphatic rings. The third kappa shape index (κ3) is 2.27. The van der Waals surface area contributed by atoms with Crippen molar-refractivity contribution in [3.8, 4) is 0 Å². The lowest BCUT2D eigenvalue weighted by atomic mass is 10.1. The fourth-order valence-electron chi connectivity index (χ4n) is 3.47. The van der Waals surface area contributed by atoms with E-state index < -0.39 is 0 Å². The number of nitrogens with one attached hydrogen (secondary N) is 1. The van der Waals surface area contributed by atoms with Crippen molar-refractivity contribution in [1.82, 2.24) is 24.6 Å². The standard InChI is InChI=1S/C16H21N5O/c1-11-13(16(22)21-6-3-2-4-15(21)18-11)5-7-20-10-12-8-17-9-14(12)19-20/h10,17H,2-9H2,1H3. The van der Waals surface area contributed by atoms with Gasteiger partial charge in [-0.3, -0.25) is 14.0 Å². The second kappa shape index (κ2) is 5.35. The Morgan fingerprint density at radius 2 is 2.23 bits per heavy atom. The van der Waals surface area contributed by atoms with Gasteiger partial charge in [0.05, 0.1) is 5.69 Å². The Balaban J connectivity index is 1.58. The van der Waals surface area contributed by atoms with Crippen molar-refractivity contribution in [1.29, 1.82) is 0 Å². The molecule has 0 aliphatic carbocycles. The van der Waals surface area contributed by atoms with Crippen molar-refractivity contribution in [3.63, 3.8) is 0 Å². The minimum Gasteiger partial charge on any atom is -0.307 e. The Bertz CT molecular complexity index is 752. The molecule has 4 heterocycles. The Morgan fingerprint density at radius 3 is 3.09 bits per heavy atom. The van der Waals surface area contributed by atoms with E-state index in [1.54, 1.807) is 0 Å². The maximum absolute atomic E-state index is 12.7. The highest BCUT2D eigenvalue weighted by atomic mass is 16.1. The largest absolute Gasteiger partial charge is 0.307 e. The second-order valence-electron chi connectivity index (χ2n) is 6.22. The molecule has 6 heteroatoms. The number of aromatic nitrogens is 4. The highest BCUT2D eigenvalue weighted by Gasteiger charge is 2.18. The van der Waals surface area contributed by atoms with Gasteiger partial charge in [-0.1, -0.05) is 0 Å². The van der Waals surface area contributed by atoms with Gasteiger partial charge < -0.3 is 5.32 Å². The van der Waals surface area contributed by atoms with Crippen LogP contribution in [-0.2, 0) is 39.0 Å². The van der Waals surface area contributed by atoms with Gasteiger partial charge in [-0.05, 0) is 26.2 Å². The van der Waals surface area contributed by atoms with Gasteiger partial charge in [0.1, 0.15) is 5.82 Å². The van der Waals surface area contributed by atoms with Gasteiger partial charge in [0, 0.05) is 55.6 Å². The van der Waals surface area contributed by atoms with Crippen LogP contribution in [0.2, 0.25) is 0 Å². The van der Waals surface area contributed by atoms with Gasteiger partial charge in [0.2, 0.25) is 0 Å². The maximum atomic E-state index is 12.7. The fraction of sp³-hybridized carbons (Fsp3) is 0.562. The summed E-state index contributed by atoms with van der Waals surface area (Å²) in [5.41, 5.74) is 4.30. The van der Waals surface area contributed by atoms with Crippen molar-refractivity contribution < 1.29 is 0 Å². The molecule has 0 bridgehead atoms. The number of nitrogens with zero attached hydrogens (tertiary/aromatic N) is 4. The molecule has 6 nitrogen and oxygen atoms in total. The van der Waals surface area contributed by atoms with E-state index in [0.717, 1.165) is 68.2 Å². The van der Waals surface area contributed by atoms with E-state index >= 15 is 0 Å². The summed E-state index contributed by atoms with van der Waals surface area (Å²) in [6, 6.07) is 0. The average molecular weight is 299 g/mol. The summed E-state index contributed by atoms with van der Waals surface area (Å²) < 4.78 is 3.84. The molecular formula is C16H21N5O. The zero-order chi connectivity index (χ0) is 15.1. The molecule has 0 saturated carbocycles. The van der Waals surface area contributed by atoms with Gasteiger partial charge in [0.15, 0.2) is 0 Å². The highest BCUT2D eigenvalue weighted by Crippen LogP contribution is 2.15. The Hall–Kier alpha value is -1.95. The number of hydrogen-bond donors (Lipinski definition) is 1. The van der Waals surface area contributed by atoms with Crippen LogP contribution in [0.5, 0.6) is 0 Å². The SMILES string of the molecule is Cc1nc2n(c(=O)c1CCn1cc3c(n1)CNC3)CCCC2. The lowest BCUT2D eigenvalue weighted by molar-refractivity contribution is 0.486. The lowest BCUT2D eigenvalue weighted by Crippen LogP contribution is -2.32. The molecular weight excluding hydrogens is 278 g/mol. The van der Waals surface area contributed by atoms with E-state index in [0.29, 0.717) is 6.42 Å². The van der Waals surface area contributed by atoms with Crippen LogP contribution < -0.4 is 10.9 Å². The molecule has 0 aromatic carbocycles. The van der Waals surface area contributed by atoms with Crippen molar-refractivity contribution in [2.75, 3.05) is 0 Å². The van der Waals surface area contributed by atoms with Gasteiger partial charge in [-0.25, -0.2) is 4.98 Å². The van der Waals surface area contributed by atoms with E-state index in [4.69, 9.17) is 0 Å². The van der Waals surface area contributed by atoms with Gasteiger partial charge in [0.25, 0.3) is 5.56 Å².